The molecule has 0 radical (unpaired) electrons. The summed E-state index contributed by atoms with van der Waals surface area (Å²) in [6, 6.07) is 6.34. The number of hydrogen-bond donors (Lipinski definition) is 4. The van der Waals surface area contributed by atoms with Crippen LogP contribution in [0.4, 0.5) is 11.5 Å². The maximum atomic E-state index is 11.3. The van der Waals surface area contributed by atoms with Gasteiger partial charge in [0.2, 0.25) is 0 Å². The number of azo groups is 1. The number of aromatic hydroxyl groups is 2. The molecule has 0 amide bonds. The van der Waals surface area contributed by atoms with Crippen LogP contribution in [0.15, 0.2) is 46.8 Å². The van der Waals surface area contributed by atoms with E-state index in [1.807, 2.05) is 0 Å². The average Bonchev–Trinajstić information content (AvgIpc) is 2.94. The predicted molar refractivity (Wildman–Crippen MR) is 83.1 cm³/mol. The van der Waals surface area contributed by atoms with Crippen molar-refractivity contribution in [2.24, 2.45) is 10.2 Å². The molecule has 0 aliphatic rings. The topological polar surface area (TPSA) is 157 Å². The Hall–Kier alpha value is -3.95. The number of fused-ring (bicyclic) bond motifs is 1. The molecule has 2 aromatic heterocycles. The van der Waals surface area contributed by atoms with Gasteiger partial charge >= 0.3 is 11.9 Å². The second-order valence-corrected chi connectivity index (χ2v) is 4.88. The summed E-state index contributed by atoms with van der Waals surface area (Å²) in [4.78, 5) is 26.2. The van der Waals surface area contributed by atoms with Gasteiger partial charge in [0.1, 0.15) is 11.3 Å². The van der Waals surface area contributed by atoms with E-state index >= 15 is 0 Å². The highest BCUT2D eigenvalue weighted by Gasteiger charge is 2.20. The van der Waals surface area contributed by atoms with Gasteiger partial charge in [0.15, 0.2) is 22.9 Å². The second kappa shape index (κ2) is 5.92. The Kier molecular flexibility index (Phi) is 3.77. The molecule has 0 spiro atoms. The van der Waals surface area contributed by atoms with Crippen LogP contribution in [0.5, 0.6) is 11.5 Å². The van der Waals surface area contributed by atoms with Crippen molar-refractivity contribution < 1.29 is 30.0 Å². The zero-order valence-corrected chi connectivity index (χ0v) is 12.4. The van der Waals surface area contributed by atoms with Crippen LogP contribution in [0.3, 0.4) is 0 Å². The number of nitrogens with zero attached hydrogens (tertiary/aromatic N) is 4. The third-order valence-electron chi connectivity index (χ3n) is 3.28. The maximum Gasteiger partial charge on any atom is 0.358 e. The molecule has 10 heteroatoms. The van der Waals surface area contributed by atoms with Gasteiger partial charge in [-0.15, -0.1) is 10.2 Å². The third-order valence-corrected chi connectivity index (χ3v) is 3.28. The number of carboxylic acids is 2. The quantitative estimate of drug-likeness (QED) is 0.530. The van der Waals surface area contributed by atoms with Crippen LogP contribution in [-0.4, -0.2) is 41.7 Å². The van der Waals surface area contributed by atoms with Gasteiger partial charge < -0.3 is 20.4 Å². The lowest BCUT2D eigenvalue weighted by Crippen LogP contribution is -1.96. The van der Waals surface area contributed by atoms with Crippen molar-refractivity contribution in [3.8, 4) is 11.5 Å². The Bertz CT molecular complexity index is 1040. The zero-order chi connectivity index (χ0) is 18.1. The lowest BCUT2D eigenvalue weighted by molar-refractivity contribution is 0.0682. The summed E-state index contributed by atoms with van der Waals surface area (Å²) in [5.74, 6) is -3.53. The van der Waals surface area contributed by atoms with E-state index in [4.69, 9.17) is 5.11 Å². The molecule has 0 unspecified atom stereocenters. The number of imidazole rings is 1. The first-order chi connectivity index (χ1) is 11.9. The van der Waals surface area contributed by atoms with Crippen molar-refractivity contribution in [1.82, 2.24) is 9.38 Å². The van der Waals surface area contributed by atoms with Crippen molar-refractivity contribution in [2.75, 3.05) is 0 Å². The minimum atomic E-state index is -1.37. The van der Waals surface area contributed by atoms with Gasteiger partial charge in [-0.25, -0.2) is 14.6 Å². The fraction of sp³-hybridized carbons (Fsp3) is 0. The summed E-state index contributed by atoms with van der Waals surface area (Å²) in [5, 5.41) is 45.1. The molecule has 0 bridgehead atoms. The standard InChI is InChI=1S/C15H10N4O6/c20-9-4-3-7(6-8(9)14(22)23)17-18-13-11(15(24)25)16-12-10(21)2-1-5-19(12)13/h1-6,20-21H,(H,22,23)(H,24,25). The zero-order valence-electron chi connectivity index (χ0n) is 12.4. The van der Waals surface area contributed by atoms with E-state index < -0.39 is 23.4 Å². The fourth-order valence-electron chi connectivity index (χ4n) is 2.14. The summed E-state index contributed by atoms with van der Waals surface area (Å²) in [6.45, 7) is 0. The molecule has 0 fully saturated rings. The summed E-state index contributed by atoms with van der Waals surface area (Å²) in [7, 11) is 0. The highest BCUT2D eigenvalue weighted by atomic mass is 16.4. The molecule has 1 aromatic carbocycles. The minimum absolute atomic E-state index is 0.00854. The number of aromatic nitrogens is 2. The van der Waals surface area contributed by atoms with E-state index in [1.54, 1.807) is 0 Å². The summed E-state index contributed by atoms with van der Waals surface area (Å²) in [6.07, 6.45) is 1.45. The first-order valence-electron chi connectivity index (χ1n) is 6.80. The normalized spacial score (nSPS) is 11.2. The Labute approximate surface area is 139 Å². The Morgan fingerprint density at radius 3 is 2.44 bits per heavy atom. The van der Waals surface area contributed by atoms with E-state index in [2.05, 4.69) is 15.2 Å². The van der Waals surface area contributed by atoms with Crippen LogP contribution in [0.2, 0.25) is 0 Å². The fourth-order valence-corrected chi connectivity index (χ4v) is 2.14. The van der Waals surface area contributed by atoms with Crippen molar-refractivity contribution in [1.29, 1.82) is 0 Å². The van der Waals surface area contributed by atoms with Gasteiger partial charge in [-0.1, -0.05) is 0 Å². The number of carbonyl (C=O) groups is 2. The SMILES string of the molecule is O=C(O)c1cc(N=Nc2c(C(=O)O)nc3c(O)cccn23)ccc1O. The number of phenols is 1. The van der Waals surface area contributed by atoms with Crippen molar-refractivity contribution in [3.05, 3.63) is 47.8 Å². The van der Waals surface area contributed by atoms with E-state index in [9.17, 15) is 24.9 Å². The molecule has 3 rings (SSSR count). The number of carboxylic acid groups (broad SMARTS) is 2. The van der Waals surface area contributed by atoms with Crippen LogP contribution in [0, 0.1) is 0 Å². The summed E-state index contributed by atoms with van der Waals surface area (Å²) in [5.41, 5.74) is -0.722. The molecule has 4 N–H and O–H groups in total. The summed E-state index contributed by atoms with van der Waals surface area (Å²) >= 11 is 0. The summed E-state index contributed by atoms with van der Waals surface area (Å²) < 4.78 is 1.24. The molecule has 3 aromatic rings. The van der Waals surface area contributed by atoms with E-state index in [1.165, 1.54) is 28.8 Å². The Morgan fingerprint density at radius 1 is 1.00 bits per heavy atom. The van der Waals surface area contributed by atoms with Crippen LogP contribution in [0.1, 0.15) is 20.8 Å². The average molecular weight is 342 g/mol. The molecule has 0 aliphatic carbocycles. The monoisotopic (exact) mass is 342 g/mol. The smallest absolute Gasteiger partial charge is 0.358 e. The first-order valence-corrected chi connectivity index (χ1v) is 6.80. The lowest BCUT2D eigenvalue weighted by Gasteiger charge is -2.00. The number of hydrogen-bond acceptors (Lipinski definition) is 7. The molecule has 0 aliphatic heterocycles. The van der Waals surface area contributed by atoms with Gasteiger partial charge in [0, 0.05) is 6.20 Å². The van der Waals surface area contributed by atoms with Gasteiger partial charge in [-0.2, -0.15) is 0 Å². The number of aromatic carboxylic acids is 2. The maximum absolute atomic E-state index is 11.3. The minimum Gasteiger partial charge on any atom is -0.507 e. The second-order valence-electron chi connectivity index (χ2n) is 4.88. The number of pyridine rings is 1. The van der Waals surface area contributed by atoms with Crippen LogP contribution in [-0.2, 0) is 0 Å². The van der Waals surface area contributed by atoms with Crippen molar-refractivity contribution >= 4 is 29.1 Å². The molecule has 10 nitrogen and oxygen atoms in total. The van der Waals surface area contributed by atoms with Gasteiger partial charge in [-0.3, -0.25) is 4.40 Å². The van der Waals surface area contributed by atoms with Crippen molar-refractivity contribution in [2.45, 2.75) is 0 Å². The van der Waals surface area contributed by atoms with Gasteiger partial charge in [-0.05, 0) is 30.3 Å². The Morgan fingerprint density at radius 2 is 1.76 bits per heavy atom. The molecule has 0 saturated heterocycles. The van der Waals surface area contributed by atoms with Crippen LogP contribution < -0.4 is 0 Å². The molecule has 0 saturated carbocycles. The number of rotatable bonds is 4. The third kappa shape index (κ3) is 2.83. The molecule has 25 heavy (non-hydrogen) atoms. The predicted octanol–water partition coefficient (Wildman–Crippen LogP) is 2.56. The molecular weight excluding hydrogens is 332 g/mol. The highest BCUT2D eigenvalue weighted by Crippen LogP contribution is 2.29. The van der Waals surface area contributed by atoms with Crippen LogP contribution >= 0.6 is 0 Å². The molecule has 2 heterocycles. The molecular formula is C15H10N4O6. The van der Waals surface area contributed by atoms with E-state index in [0.29, 0.717) is 0 Å². The molecule has 0 atom stereocenters. The van der Waals surface area contributed by atoms with Gasteiger partial charge in [0.25, 0.3) is 0 Å². The Balaban J connectivity index is 2.12. The van der Waals surface area contributed by atoms with Crippen LogP contribution in [0.25, 0.3) is 5.65 Å². The van der Waals surface area contributed by atoms with E-state index in [0.717, 1.165) is 12.1 Å². The largest absolute Gasteiger partial charge is 0.507 e. The highest BCUT2D eigenvalue weighted by molar-refractivity contribution is 5.92. The van der Waals surface area contributed by atoms with Crippen molar-refractivity contribution in [3.63, 3.8) is 0 Å². The van der Waals surface area contributed by atoms with E-state index in [-0.39, 0.29) is 28.5 Å². The first kappa shape index (κ1) is 15.9. The number of benzene rings is 1. The molecule has 126 valence electrons. The lowest BCUT2D eigenvalue weighted by atomic mass is 10.2. The van der Waals surface area contributed by atoms with Gasteiger partial charge in [0.05, 0.1) is 5.69 Å².